The van der Waals surface area contributed by atoms with Crippen LogP contribution >= 0.6 is 0 Å². The number of aryl methyl sites for hydroxylation is 1. The number of piperidine rings is 1. The molecular weight excluding hydrogens is 358 g/mol. The van der Waals surface area contributed by atoms with Gasteiger partial charge in [-0.3, -0.25) is 4.90 Å². The fourth-order valence-corrected chi connectivity index (χ4v) is 6.66. The lowest BCUT2D eigenvalue weighted by Crippen LogP contribution is -2.61. The highest BCUT2D eigenvalue weighted by molar-refractivity contribution is 5.45. The Morgan fingerprint density at radius 2 is 2.07 bits per heavy atom. The van der Waals surface area contributed by atoms with Crippen LogP contribution in [0.1, 0.15) is 55.2 Å². The minimum atomic E-state index is 0.318. The normalized spacial score (nSPS) is 28.4. The maximum absolute atomic E-state index is 10.2. The van der Waals surface area contributed by atoms with E-state index in [2.05, 4.69) is 35.2 Å². The van der Waals surface area contributed by atoms with Gasteiger partial charge in [0.2, 0.25) is 0 Å². The van der Waals surface area contributed by atoms with Crippen molar-refractivity contribution in [3.63, 3.8) is 0 Å². The molecule has 3 heteroatoms. The Bertz CT molecular complexity index is 879. The quantitative estimate of drug-likeness (QED) is 0.770. The number of benzene rings is 2. The van der Waals surface area contributed by atoms with E-state index in [9.17, 15) is 5.11 Å². The highest BCUT2D eigenvalue weighted by Crippen LogP contribution is 2.56. The summed E-state index contributed by atoms with van der Waals surface area (Å²) in [6, 6.07) is 15.4. The number of rotatable bonds is 5. The smallest absolute Gasteiger partial charge is 0.119 e. The molecule has 1 heterocycles. The summed E-state index contributed by atoms with van der Waals surface area (Å²) in [6.07, 6.45) is 10.1. The number of phenolic OH excluding ortho intramolecular Hbond substituents is 1. The van der Waals surface area contributed by atoms with Gasteiger partial charge in [-0.15, -0.1) is 0 Å². The first kappa shape index (κ1) is 19.0. The van der Waals surface area contributed by atoms with E-state index in [1.165, 1.54) is 68.3 Å². The van der Waals surface area contributed by atoms with Gasteiger partial charge in [-0.2, -0.15) is 0 Å². The molecule has 2 bridgehead atoms. The molecule has 5 rings (SSSR count). The molecule has 3 atom stereocenters. The van der Waals surface area contributed by atoms with Crippen molar-refractivity contribution in [2.45, 2.75) is 62.8 Å². The van der Waals surface area contributed by atoms with Crippen LogP contribution in [0.5, 0.6) is 11.5 Å². The molecule has 2 aliphatic carbocycles. The van der Waals surface area contributed by atoms with Crippen LogP contribution in [-0.2, 0) is 18.3 Å². The van der Waals surface area contributed by atoms with Crippen molar-refractivity contribution in [1.29, 1.82) is 0 Å². The molecule has 1 N–H and O–H groups in total. The molecule has 2 aromatic carbocycles. The first-order chi connectivity index (χ1) is 14.2. The van der Waals surface area contributed by atoms with E-state index in [1.54, 1.807) is 7.11 Å². The van der Waals surface area contributed by atoms with Gasteiger partial charge in [0.25, 0.3) is 0 Å². The largest absolute Gasteiger partial charge is 0.508 e. The lowest BCUT2D eigenvalue weighted by Gasteiger charge is -2.59. The van der Waals surface area contributed by atoms with Crippen LogP contribution < -0.4 is 4.74 Å². The highest BCUT2D eigenvalue weighted by atomic mass is 16.5. The van der Waals surface area contributed by atoms with E-state index in [0.717, 1.165) is 24.5 Å². The number of hydrogen-bond donors (Lipinski definition) is 1. The Morgan fingerprint density at radius 1 is 1.14 bits per heavy atom. The van der Waals surface area contributed by atoms with E-state index < -0.39 is 0 Å². The number of aromatic hydroxyl groups is 1. The van der Waals surface area contributed by atoms with Gasteiger partial charge >= 0.3 is 0 Å². The third-order valence-corrected chi connectivity index (χ3v) is 7.98. The molecule has 1 saturated heterocycles. The minimum Gasteiger partial charge on any atom is -0.508 e. The maximum Gasteiger partial charge on any atom is 0.119 e. The van der Waals surface area contributed by atoms with Crippen molar-refractivity contribution in [3.05, 3.63) is 59.2 Å². The monoisotopic (exact) mass is 391 g/mol. The van der Waals surface area contributed by atoms with Crippen molar-refractivity contribution in [2.75, 3.05) is 20.2 Å². The van der Waals surface area contributed by atoms with E-state index in [4.69, 9.17) is 4.74 Å². The van der Waals surface area contributed by atoms with Gasteiger partial charge in [-0.05, 0) is 98.5 Å². The molecule has 1 aliphatic heterocycles. The standard InChI is InChI=1S/C26H33NO2/c1-29-22-8-4-6-19(16-22)7-5-14-27-15-13-26-12-3-2-9-23(26)25(27)17-20-10-11-21(28)18-24(20)26/h4,6,8,10-11,16,18,23,25,28H,2-3,5,7,9,12-15,17H2,1H3/t23-,25+,26+/m0/s1. The summed E-state index contributed by atoms with van der Waals surface area (Å²) in [5.74, 6) is 2.16. The molecule has 0 amide bonds. The fourth-order valence-electron chi connectivity index (χ4n) is 6.66. The van der Waals surface area contributed by atoms with E-state index in [-0.39, 0.29) is 0 Å². The summed E-state index contributed by atoms with van der Waals surface area (Å²) in [7, 11) is 1.74. The zero-order chi connectivity index (χ0) is 19.8. The zero-order valence-corrected chi connectivity index (χ0v) is 17.6. The van der Waals surface area contributed by atoms with E-state index >= 15 is 0 Å². The number of fused-ring (bicyclic) bond motifs is 1. The van der Waals surface area contributed by atoms with Crippen LogP contribution in [0.15, 0.2) is 42.5 Å². The number of hydrogen-bond acceptors (Lipinski definition) is 3. The number of phenols is 1. The summed E-state index contributed by atoms with van der Waals surface area (Å²) in [6.45, 7) is 2.39. The summed E-state index contributed by atoms with van der Waals surface area (Å²) < 4.78 is 5.38. The molecule has 3 aliphatic rings. The molecular formula is C26H33NO2. The Morgan fingerprint density at radius 3 is 2.97 bits per heavy atom. The van der Waals surface area contributed by atoms with Gasteiger partial charge in [0.05, 0.1) is 7.11 Å². The first-order valence-electron chi connectivity index (χ1n) is 11.4. The molecule has 154 valence electrons. The number of nitrogens with zero attached hydrogens (tertiary/aromatic N) is 1. The Labute approximate surface area is 174 Å². The topological polar surface area (TPSA) is 32.7 Å². The molecule has 1 saturated carbocycles. The van der Waals surface area contributed by atoms with Crippen LogP contribution in [0, 0.1) is 5.92 Å². The van der Waals surface area contributed by atoms with Gasteiger partial charge in [0.15, 0.2) is 0 Å². The predicted octanol–water partition coefficient (Wildman–Crippen LogP) is 5.09. The second kappa shape index (κ2) is 7.68. The van der Waals surface area contributed by atoms with Gasteiger partial charge in [-0.1, -0.05) is 31.0 Å². The number of likely N-dealkylation sites (tertiary alicyclic amines) is 1. The van der Waals surface area contributed by atoms with Crippen molar-refractivity contribution in [3.8, 4) is 11.5 Å². The van der Waals surface area contributed by atoms with Crippen LogP contribution in [0.2, 0.25) is 0 Å². The zero-order valence-electron chi connectivity index (χ0n) is 17.6. The van der Waals surface area contributed by atoms with Gasteiger partial charge < -0.3 is 9.84 Å². The molecule has 0 aromatic heterocycles. The van der Waals surface area contributed by atoms with Crippen molar-refractivity contribution >= 4 is 0 Å². The highest BCUT2D eigenvalue weighted by Gasteiger charge is 2.53. The average molecular weight is 392 g/mol. The SMILES string of the molecule is COc1cccc(CCCN2CC[C@]34CCCC[C@H]3[C@H]2Cc2ccc(O)cc24)c1. The second-order valence-corrected chi connectivity index (χ2v) is 9.36. The van der Waals surface area contributed by atoms with Crippen LogP contribution in [0.4, 0.5) is 0 Å². The summed E-state index contributed by atoms with van der Waals surface area (Å²) >= 11 is 0. The fraction of sp³-hybridized carbons (Fsp3) is 0.538. The Balaban J connectivity index is 1.33. The summed E-state index contributed by atoms with van der Waals surface area (Å²) in [5, 5.41) is 10.2. The molecule has 2 fully saturated rings. The number of methoxy groups -OCH3 is 1. The molecule has 0 spiro atoms. The predicted molar refractivity (Wildman–Crippen MR) is 117 cm³/mol. The van der Waals surface area contributed by atoms with Crippen LogP contribution in [-0.4, -0.2) is 36.2 Å². The first-order valence-corrected chi connectivity index (χ1v) is 11.4. The lowest BCUT2D eigenvalue weighted by atomic mass is 9.52. The van der Waals surface area contributed by atoms with Crippen molar-refractivity contribution in [1.82, 2.24) is 4.90 Å². The Hall–Kier alpha value is -2.00. The lowest BCUT2D eigenvalue weighted by molar-refractivity contribution is -0.0116. The van der Waals surface area contributed by atoms with Crippen LogP contribution in [0.3, 0.4) is 0 Å². The van der Waals surface area contributed by atoms with E-state index in [0.29, 0.717) is 17.2 Å². The average Bonchev–Trinajstić information content (AvgIpc) is 2.76. The summed E-state index contributed by atoms with van der Waals surface area (Å²) in [5.41, 5.74) is 4.66. The molecule has 0 unspecified atom stereocenters. The van der Waals surface area contributed by atoms with Gasteiger partial charge in [0.1, 0.15) is 11.5 Å². The third kappa shape index (κ3) is 3.34. The van der Waals surface area contributed by atoms with Gasteiger partial charge in [0, 0.05) is 11.5 Å². The van der Waals surface area contributed by atoms with Gasteiger partial charge in [-0.25, -0.2) is 0 Å². The summed E-state index contributed by atoms with van der Waals surface area (Å²) in [4.78, 5) is 2.80. The third-order valence-electron chi connectivity index (χ3n) is 7.98. The Kier molecular flexibility index (Phi) is 5.03. The molecule has 29 heavy (non-hydrogen) atoms. The molecule has 2 aromatic rings. The molecule has 3 nitrogen and oxygen atoms in total. The van der Waals surface area contributed by atoms with E-state index in [1.807, 2.05) is 12.1 Å². The maximum atomic E-state index is 10.2. The van der Waals surface area contributed by atoms with Crippen molar-refractivity contribution in [2.24, 2.45) is 5.92 Å². The van der Waals surface area contributed by atoms with Crippen molar-refractivity contribution < 1.29 is 9.84 Å². The number of ether oxygens (including phenoxy) is 1. The van der Waals surface area contributed by atoms with Crippen LogP contribution in [0.25, 0.3) is 0 Å². The minimum absolute atomic E-state index is 0.318. The molecule has 0 radical (unpaired) electrons. The second-order valence-electron chi connectivity index (χ2n) is 9.36.